The summed E-state index contributed by atoms with van der Waals surface area (Å²) in [6.07, 6.45) is 6.09. The minimum atomic E-state index is -0.722. The van der Waals surface area contributed by atoms with E-state index in [1.165, 1.54) is 0 Å². The third kappa shape index (κ3) is 4.47. The Balaban J connectivity index is 1.55. The number of azide groups is 1. The molecule has 0 bridgehead atoms. The van der Waals surface area contributed by atoms with Gasteiger partial charge in [0.05, 0.1) is 24.7 Å². The lowest BCUT2D eigenvalue weighted by Gasteiger charge is -2.55. The number of cyclic esters (lactones) is 1. The average Bonchev–Trinajstić information content (AvgIpc) is 3.14. The summed E-state index contributed by atoms with van der Waals surface area (Å²) in [5.41, 5.74) is 8.90. The van der Waals surface area contributed by atoms with Crippen LogP contribution < -0.4 is 0 Å². The normalized spacial score (nSPS) is 43.6. The molecule has 0 aromatic heterocycles. The molecular formula is C29H49N3O4. The van der Waals surface area contributed by atoms with E-state index in [4.69, 9.17) is 10.3 Å². The van der Waals surface area contributed by atoms with Gasteiger partial charge in [-0.1, -0.05) is 53.1 Å². The fourth-order valence-electron chi connectivity index (χ4n) is 9.73. The molecule has 1 unspecified atom stereocenters. The molecule has 4 rings (SSSR count). The number of fused-ring (bicyclic) bond motifs is 5. The zero-order valence-corrected chi connectivity index (χ0v) is 23.3. The number of rotatable bonds is 7. The zero-order valence-electron chi connectivity index (χ0n) is 23.3. The van der Waals surface area contributed by atoms with Gasteiger partial charge in [-0.25, -0.2) is 0 Å². The number of esters is 1. The molecule has 0 amide bonds. The Kier molecular flexibility index (Phi) is 8.05. The van der Waals surface area contributed by atoms with Crippen LogP contribution in [0.4, 0.5) is 0 Å². The van der Waals surface area contributed by atoms with Gasteiger partial charge in [-0.2, -0.15) is 0 Å². The van der Waals surface area contributed by atoms with E-state index in [0.717, 1.165) is 44.9 Å². The second-order valence-electron chi connectivity index (χ2n) is 13.6. The van der Waals surface area contributed by atoms with Crippen LogP contribution in [0.5, 0.6) is 0 Å². The third-order valence-corrected chi connectivity index (χ3v) is 11.9. The Morgan fingerprint density at radius 2 is 1.72 bits per heavy atom. The van der Waals surface area contributed by atoms with Crippen molar-refractivity contribution < 1.29 is 19.7 Å². The molecule has 36 heavy (non-hydrogen) atoms. The van der Waals surface area contributed by atoms with Crippen molar-refractivity contribution in [1.82, 2.24) is 0 Å². The molecule has 3 aliphatic carbocycles. The van der Waals surface area contributed by atoms with Crippen LogP contribution in [0.25, 0.3) is 10.4 Å². The number of ether oxygens (including phenoxy) is 1. The summed E-state index contributed by atoms with van der Waals surface area (Å²) >= 11 is 0. The molecule has 4 fully saturated rings. The smallest absolute Gasteiger partial charge is 0.309 e. The van der Waals surface area contributed by atoms with Crippen LogP contribution in [0, 0.1) is 58.2 Å². The highest BCUT2D eigenvalue weighted by Gasteiger charge is 2.62. The molecule has 7 heteroatoms. The van der Waals surface area contributed by atoms with E-state index in [9.17, 15) is 15.0 Å². The first-order chi connectivity index (χ1) is 17.0. The second-order valence-corrected chi connectivity index (χ2v) is 13.6. The quantitative estimate of drug-likeness (QED) is 0.188. The van der Waals surface area contributed by atoms with Crippen molar-refractivity contribution in [2.75, 3.05) is 6.61 Å². The van der Waals surface area contributed by atoms with Crippen LogP contribution in [-0.4, -0.2) is 41.0 Å². The summed E-state index contributed by atoms with van der Waals surface area (Å²) in [6, 6.07) is -0.117. The predicted molar refractivity (Wildman–Crippen MR) is 140 cm³/mol. The molecule has 2 N–H and O–H groups in total. The first-order valence-corrected chi connectivity index (χ1v) is 14.6. The van der Waals surface area contributed by atoms with E-state index in [-0.39, 0.29) is 40.6 Å². The summed E-state index contributed by atoms with van der Waals surface area (Å²) in [5.74, 6) is 1.71. The Hall–Kier alpha value is -1.30. The van der Waals surface area contributed by atoms with Crippen molar-refractivity contribution in [3.8, 4) is 0 Å². The molecule has 12 atom stereocenters. The van der Waals surface area contributed by atoms with E-state index in [1.807, 2.05) is 0 Å². The molecule has 204 valence electrons. The van der Waals surface area contributed by atoms with Crippen LogP contribution in [0.3, 0.4) is 0 Å². The fourth-order valence-corrected chi connectivity index (χ4v) is 9.73. The van der Waals surface area contributed by atoms with Crippen molar-refractivity contribution in [3.63, 3.8) is 0 Å². The van der Waals surface area contributed by atoms with Crippen molar-refractivity contribution in [1.29, 1.82) is 0 Å². The summed E-state index contributed by atoms with van der Waals surface area (Å²) < 4.78 is 5.98. The molecule has 1 saturated heterocycles. The van der Waals surface area contributed by atoms with Crippen LogP contribution in [0.1, 0.15) is 92.9 Å². The minimum Gasteiger partial charge on any atom is -0.465 e. The van der Waals surface area contributed by atoms with Gasteiger partial charge < -0.3 is 14.9 Å². The molecular weight excluding hydrogens is 454 g/mol. The third-order valence-electron chi connectivity index (χ3n) is 11.9. The maximum Gasteiger partial charge on any atom is 0.309 e. The van der Waals surface area contributed by atoms with Gasteiger partial charge in [0.25, 0.3) is 0 Å². The second kappa shape index (κ2) is 10.5. The van der Waals surface area contributed by atoms with Gasteiger partial charge in [-0.05, 0) is 103 Å². The summed E-state index contributed by atoms with van der Waals surface area (Å²) in [4.78, 5) is 16.2. The van der Waals surface area contributed by atoms with Crippen LogP contribution >= 0.6 is 0 Å². The molecule has 0 aromatic carbocycles. The van der Waals surface area contributed by atoms with Crippen LogP contribution in [0.15, 0.2) is 5.11 Å². The maximum atomic E-state index is 13.2. The number of aliphatic hydroxyl groups is 2. The Morgan fingerprint density at radius 3 is 2.36 bits per heavy atom. The van der Waals surface area contributed by atoms with Gasteiger partial charge in [0.1, 0.15) is 0 Å². The topological polar surface area (TPSA) is 116 Å². The SMILES string of the molecule is CC[C@@H](C(C)C)[C@@H](O)[C@H](O)[C@@H](C)[C@H]1CC[C@H]2[C@@H]3COC(=O)[C@H]4CC(N=[N+]=[N-])CC[C@]4(C)[C@H]3CC[C@]12C. The minimum absolute atomic E-state index is 0.0234. The lowest BCUT2D eigenvalue weighted by Crippen LogP contribution is -2.52. The molecule has 4 aliphatic rings. The van der Waals surface area contributed by atoms with Gasteiger partial charge >= 0.3 is 5.97 Å². The van der Waals surface area contributed by atoms with Gasteiger partial charge in [-0.3, -0.25) is 4.79 Å². The molecule has 0 spiro atoms. The van der Waals surface area contributed by atoms with Crippen molar-refractivity contribution in [2.45, 2.75) is 111 Å². The Labute approximate surface area is 217 Å². The Bertz CT molecular complexity index is 859. The molecule has 7 nitrogen and oxygen atoms in total. The highest BCUT2D eigenvalue weighted by Crippen LogP contribution is 2.66. The summed E-state index contributed by atoms with van der Waals surface area (Å²) in [5, 5.41) is 26.4. The maximum absolute atomic E-state index is 13.2. The summed E-state index contributed by atoms with van der Waals surface area (Å²) in [7, 11) is 0. The Morgan fingerprint density at radius 1 is 1.06 bits per heavy atom. The van der Waals surface area contributed by atoms with Crippen molar-refractivity contribution >= 4 is 5.97 Å². The molecule has 3 saturated carbocycles. The number of carbonyl (C=O) groups is 1. The van der Waals surface area contributed by atoms with Crippen LogP contribution in [-0.2, 0) is 9.53 Å². The first-order valence-electron chi connectivity index (χ1n) is 14.6. The van der Waals surface area contributed by atoms with Crippen LogP contribution in [0.2, 0.25) is 0 Å². The largest absolute Gasteiger partial charge is 0.465 e. The highest BCUT2D eigenvalue weighted by atomic mass is 16.5. The summed E-state index contributed by atoms with van der Waals surface area (Å²) in [6.45, 7) is 13.7. The van der Waals surface area contributed by atoms with E-state index >= 15 is 0 Å². The van der Waals surface area contributed by atoms with Gasteiger partial charge in [0.2, 0.25) is 0 Å². The number of carbonyl (C=O) groups excluding carboxylic acids is 1. The van der Waals surface area contributed by atoms with Crippen molar-refractivity contribution in [2.24, 2.45) is 63.3 Å². The van der Waals surface area contributed by atoms with E-state index < -0.39 is 12.2 Å². The van der Waals surface area contributed by atoms with E-state index in [2.05, 4.69) is 51.6 Å². The molecule has 1 heterocycles. The standard InChI is InChI=1S/C29H49N3O4/c1-7-19(16(2)3)26(34)25(33)17(4)21-8-9-22-20-15-36-27(35)24-14-18(31-32-30)10-12-29(24,6)23(20)11-13-28(21,22)5/h16-26,33-34H,7-15H2,1-6H3/t17-,18?,19-,20-,21+,22-,23-,24+,25+,26+,28+,29+/m0/s1. The van der Waals surface area contributed by atoms with Gasteiger partial charge in [0, 0.05) is 11.0 Å². The zero-order chi connectivity index (χ0) is 26.4. The number of hydrogen-bond donors (Lipinski definition) is 2. The fraction of sp³-hybridized carbons (Fsp3) is 0.966. The highest BCUT2D eigenvalue weighted by molar-refractivity contribution is 5.74. The number of aliphatic hydroxyl groups excluding tert-OH is 2. The number of hydrogen-bond acceptors (Lipinski definition) is 5. The molecule has 0 aromatic rings. The van der Waals surface area contributed by atoms with E-state index in [1.54, 1.807) is 0 Å². The molecule has 0 radical (unpaired) electrons. The number of nitrogens with zero attached hydrogens (tertiary/aromatic N) is 3. The van der Waals surface area contributed by atoms with E-state index in [0.29, 0.717) is 42.6 Å². The van der Waals surface area contributed by atoms with Gasteiger partial charge in [-0.15, -0.1) is 0 Å². The first kappa shape index (κ1) is 27.7. The lowest BCUT2D eigenvalue weighted by molar-refractivity contribution is -0.153. The van der Waals surface area contributed by atoms with Gasteiger partial charge in [0.15, 0.2) is 0 Å². The lowest BCUT2D eigenvalue weighted by atomic mass is 9.48. The van der Waals surface area contributed by atoms with Crippen molar-refractivity contribution in [3.05, 3.63) is 10.4 Å². The molecule has 1 aliphatic heterocycles. The monoisotopic (exact) mass is 503 g/mol. The predicted octanol–water partition coefficient (Wildman–Crippen LogP) is 6.13. The average molecular weight is 504 g/mol.